The Morgan fingerprint density at radius 2 is 1.64 bits per heavy atom. The number of nitrogens with zero attached hydrogens (tertiary/aromatic N) is 3. The first kappa shape index (κ1) is 19.3. The molecule has 1 fully saturated rings. The minimum absolute atomic E-state index is 0.0452. The molecular formula is C21H23N5O2. The molecule has 0 atom stereocenters. The van der Waals surface area contributed by atoms with Crippen molar-refractivity contribution in [2.24, 2.45) is 0 Å². The smallest absolute Gasteiger partial charge is 0.267 e. The molecule has 1 amide bonds. The normalized spacial score (nSPS) is 15.0. The second-order valence-corrected chi connectivity index (χ2v) is 6.65. The number of nitrogens with one attached hydrogen (secondary N) is 2. The van der Waals surface area contributed by atoms with Crippen LogP contribution in [-0.4, -0.2) is 49.1 Å². The van der Waals surface area contributed by atoms with Gasteiger partial charge < -0.3 is 25.5 Å². The van der Waals surface area contributed by atoms with E-state index in [4.69, 9.17) is 0 Å². The van der Waals surface area contributed by atoms with Gasteiger partial charge in [0.2, 0.25) is 0 Å². The van der Waals surface area contributed by atoms with E-state index in [1.165, 1.54) is 18.3 Å². The van der Waals surface area contributed by atoms with Crippen molar-refractivity contribution in [2.75, 3.05) is 48.8 Å². The maximum Gasteiger partial charge on any atom is 0.267 e. The highest BCUT2D eigenvalue weighted by molar-refractivity contribution is 6.06. The molecule has 7 nitrogen and oxygen atoms in total. The molecule has 0 aromatic heterocycles. The van der Waals surface area contributed by atoms with Gasteiger partial charge in [-0.3, -0.25) is 4.79 Å². The number of phenols is 1. The van der Waals surface area contributed by atoms with E-state index in [0.717, 1.165) is 37.6 Å². The standard InChI is InChI=1S/C21H23N5O2/c1-25-10-12-26(13-11-25)19-6-2-17(3-7-19)23-15-16(14-22)21(28)24-18-4-8-20(27)9-5-18/h2-9,15,23,27H,10-13H2,1H3,(H,24,28)/b16-15-. The fraction of sp³-hybridized carbons (Fsp3) is 0.238. The number of rotatable bonds is 5. The first-order valence-electron chi connectivity index (χ1n) is 9.06. The summed E-state index contributed by atoms with van der Waals surface area (Å²) in [4.78, 5) is 16.9. The number of carbonyl (C=O) groups is 1. The monoisotopic (exact) mass is 377 g/mol. The van der Waals surface area contributed by atoms with Crippen LogP contribution in [0.25, 0.3) is 0 Å². The van der Waals surface area contributed by atoms with Gasteiger partial charge in [-0.05, 0) is 55.6 Å². The molecule has 1 aliphatic rings. The van der Waals surface area contributed by atoms with Crippen LogP contribution >= 0.6 is 0 Å². The van der Waals surface area contributed by atoms with Crippen molar-refractivity contribution in [3.8, 4) is 11.8 Å². The number of piperazine rings is 1. The quantitative estimate of drug-likeness (QED) is 0.421. The number of likely N-dealkylation sites (N-methyl/N-ethyl adjacent to an activating group) is 1. The van der Waals surface area contributed by atoms with E-state index in [-0.39, 0.29) is 11.3 Å². The number of hydrogen-bond acceptors (Lipinski definition) is 6. The molecule has 0 aliphatic carbocycles. The van der Waals surface area contributed by atoms with Crippen molar-refractivity contribution in [1.82, 2.24) is 4.90 Å². The lowest BCUT2D eigenvalue weighted by atomic mass is 10.2. The van der Waals surface area contributed by atoms with Crippen LogP contribution in [0.15, 0.2) is 60.3 Å². The third-order valence-corrected chi connectivity index (χ3v) is 4.61. The Kier molecular flexibility index (Phi) is 6.14. The molecule has 7 heteroatoms. The summed E-state index contributed by atoms with van der Waals surface area (Å²) in [6, 6.07) is 15.9. The van der Waals surface area contributed by atoms with Crippen LogP contribution < -0.4 is 15.5 Å². The number of anilines is 3. The lowest BCUT2D eigenvalue weighted by Gasteiger charge is -2.34. The van der Waals surface area contributed by atoms with Gasteiger partial charge in [0.05, 0.1) is 0 Å². The van der Waals surface area contributed by atoms with Crippen LogP contribution in [0.3, 0.4) is 0 Å². The fourth-order valence-electron chi connectivity index (χ4n) is 2.88. The Morgan fingerprint density at radius 3 is 2.25 bits per heavy atom. The number of benzene rings is 2. The maximum absolute atomic E-state index is 12.2. The molecule has 144 valence electrons. The number of carbonyl (C=O) groups excluding carboxylic acids is 1. The van der Waals surface area contributed by atoms with Crippen LogP contribution in [-0.2, 0) is 4.79 Å². The SMILES string of the molecule is CN1CCN(c2ccc(N/C=C(/C#N)C(=O)Nc3ccc(O)cc3)cc2)CC1. The average molecular weight is 377 g/mol. The van der Waals surface area contributed by atoms with Crippen molar-refractivity contribution in [1.29, 1.82) is 5.26 Å². The summed E-state index contributed by atoms with van der Waals surface area (Å²) in [5.41, 5.74) is 2.41. The maximum atomic E-state index is 12.2. The van der Waals surface area contributed by atoms with Crippen molar-refractivity contribution in [3.05, 3.63) is 60.3 Å². The summed E-state index contributed by atoms with van der Waals surface area (Å²) in [5, 5.41) is 24.2. The third-order valence-electron chi connectivity index (χ3n) is 4.61. The molecule has 1 aliphatic heterocycles. The molecule has 1 heterocycles. The summed E-state index contributed by atoms with van der Waals surface area (Å²) < 4.78 is 0. The van der Waals surface area contributed by atoms with Crippen LogP contribution in [0.1, 0.15) is 0 Å². The zero-order chi connectivity index (χ0) is 19.9. The second kappa shape index (κ2) is 8.93. The third kappa shape index (κ3) is 5.02. The van der Waals surface area contributed by atoms with E-state index in [9.17, 15) is 15.2 Å². The molecule has 28 heavy (non-hydrogen) atoms. The Balaban J connectivity index is 1.60. The molecule has 2 aromatic carbocycles. The second-order valence-electron chi connectivity index (χ2n) is 6.65. The zero-order valence-electron chi connectivity index (χ0n) is 15.7. The van der Waals surface area contributed by atoms with Gasteiger partial charge in [0.25, 0.3) is 5.91 Å². The van der Waals surface area contributed by atoms with E-state index >= 15 is 0 Å². The van der Waals surface area contributed by atoms with E-state index in [1.54, 1.807) is 12.1 Å². The van der Waals surface area contributed by atoms with Crippen molar-refractivity contribution in [2.45, 2.75) is 0 Å². The van der Waals surface area contributed by atoms with Crippen LogP contribution in [0, 0.1) is 11.3 Å². The predicted octanol–water partition coefficient (Wildman–Crippen LogP) is 2.60. The van der Waals surface area contributed by atoms with Gasteiger partial charge in [-0.1, -0.05) is 0 Å². The van der Waals surface area contributed by atoms with Crippen molar-refractivity contribution < 1.29 is 9.90 Å². The van der Waals surface area contributed by atoms with E-state index in [0.29, 0.717) is 5.69 Å². The number of nitriles is 1. The Bertz CT molecular complexity index is 877. The minimum Gasteiger partial charge on any atom is -0.508 e. The molecule has 0 bridgehead atoms. The Hall–Kier alpha value is -3.50. The van der Waals surface area contributed by atoms with E-state index in [2.05, 4.69) is 27.5 Å². The summed E-state index contributed by atoms with van der Waals surface area (Å²) in [7, 11) is 2.13. The molecule has 0 spiro atoms. The zero-order valence-corrected chi connectivity index (χ0v) is 15.7. The molecule has 3 rings (SSSR count). The minimum atomic E-state index is -0.519. The summed E-state index contributed by atoms with van der Waals surface area (Å²) in [6.45, 7) is 4.09. The summed E-state index contributed by atoms with van der Waals surface area (Å²) >= 11 is 0. The average Bonchev–Trinajstić information content (AvgIpc) is 2.71. The van der Waals surface area contributed by atoms with Gasteiger partial charge in [0.15, 0.2) is 0 Å². The number of phenolic OH excluding ortho intramolecular Hbond substituents is 1. The van der Waals surface area contributed by atoms with E-state index in [1.807, 2.05) is 30.3 Å². The molecule has 0 radical (unpaired) electrons. The van der Waals surface area contributed by atoms with Gasteiger partial charge in [-0.2, -0.15) is 5.26 Å². The molecule has 0 unspecified atom stereocenters. The van der Waals surface area contributed by atoms with Gasteiger partial charge >= 0.3 is 0 Å². The molecule has 1 saturated heterocycles. The molecule has 2 aromatic rings. The lowest BCUT2D eigenvalue weighted by molar-refractivity contribution is -0.112. The summed E-state index contributed by atoms with van der Waals surface area (Å²) in [5.74, 6) is -0.412. The van der Waals surface area contributed by atoms with Crippen LogP contribution in [0.4, 0.5) is 17.1 Å². The highest BCUT2D eigenvalue weighted by atomic mass is 16.3. The van der Waals surface area contributed by atoms with Crippen molar-refractivity contribution >= 4 is 23.0 Å². The number of amides is 1. The molecule has 3 N–H and O–H groups in total. The van der Waals surface area contributed by atoms with Crippen LogP contribution in [0.2, 0.25) is 0 Å². The largest absolute Gasteiger partial charge is 0.508 e. The number of aromatic hydroxyl groups is 1. The molecular weight excluding hydrogens is 354 g/mol. The van der Waals surface area contributed by atoms with Crippen molar-refractivity contribution in [3.63, 3.8) is 0 Å². The highest BCUT2D eigenvalue weighted by Gasteiger charge is 2.14. The Labute approximate surface area is 164 Å². The van der Waals surface area contributed by atoms with Crippen LogP contribution in [0.5, 0.6) is 5.75 Å². The van der Waals surface area contributed by atoms with E-state index < -0.39 is 5.91 Å². The van der Waals surface area contributed by atoms with Gasteiger partial charge in [-0.15, -0.1) is 0 Å². The summed E-state index contributed by atoms with van der Waals surface area (Å²) in [6.07, 6.45) is 1.39. The first-order valence-corrected chi connectivity index (χ1v) is 9.06. The van der Waals surface area contributed by atoms with Gasteiger partial charge in [-0.25, -0.2) is 0 Å². The highest BCUT2D eigenvalue weighted by Crippen LogP contribution is 2.20. The number of hydrogen-bond donors (Lipinski definition) is 3. The predicted molar refractivity (Wildman–Crippen MR) is 110 cm³/mol. The van der Waals surface area contributed by atoms with Gasteiger partial charge in [0, 0.05) is 49.4 Å². The molecule has 0 saturated carbocycles. The first-order chi connectivity index (χ1) is 13.5. The fourth-order valence-corrected chi connectivity index (χ4v) is 2.88. The van der Waals surface area contributed by atoms with Gasteiger partial charge in [0.1, 0.15) is 17.4 Å². The lowest BCUT2D eigenvalue weighted by Crippen LogP contribution is -2.44. The Morgan fingerprint density at radius 1 is 1.04 bits per heavy atom. The topological polar surface area (TPSA) is 91.6 Å².